The average Bonchev–Trinajstić information content (AvgIpc) is 3.23. The number of hydrogen-bond donors (Lipinski definition) is 0. The van der Waals surface area contributed by atoms with Gasteiger partial charge in [-0.15, -0.1) is 11.3 Å². The van der Waals surface area contributed by atoms with E-state index in [1.165, 1.54) is 0 Å². The van der Waals surface area contributed by atoms with Crippen LogP contribution >= 0.6 is 23.1 Å². The molecule has 0 aliphatic rings. The highest BCUT2D eigenvalue weighted by Crippen LogP contribution is 2.27. The van der Waals surface area contributed by atoms with E-state index >= 15 is 0 Å². The molecule has 1 amide bonds. The molecule has 0 bridgehead atoms. The second-order valence-electron chi connectivity index (χ2n) is 6.03. The summed E-state index contributed by atoms with van der Waals surface area (Å²) < 4.78 is 5.88. The van der Waals surface area contributed by atoms with Gasteiger partial charge in [0.1, 0.15) is 11.3 Å². The molecular formula is C19H22N2O2S2. The van der Waals surface area contributed by atoms with Gasteiger partial charge in [-0.3, -0.25) is 4.79 Å². The fraction of sp³-hybridized carbons (Fsp3) is 0.368. The molecule has 3 rings (SSSR count). The van der Waals surface area contributed by atoms with Crippen molar-refractivity contribution >= 4 is 40.0 Å². The molecule has 0 fully saturated rings. The van der Waals surface area contributed by atoms with Crippen LogP contribution in [0.1, 0.15) is 35.8 Å². The normalized spacial score (nSPS) is 12.4. The van der Waals surface area contributed by atoms with Crippen LogP contribution in [0, 0.1) is 6.92 Å². The van der Waals surface area contributed by atoms with Gasteiger partial charge in [0.15, 0.2) is 0 Å². The zero-order valence-corrected chi connectivity index (χ0v) is 16.3. The van der Waals surface area contributed by atoms with E-state index < -0.39 is 0 Å². The number of aryl methyl sites for hydroxylation is 1. The van der Waals surface area contributed by atoms with E-state index in [0.717, 1.165) is 38.9 Å². The second-order valence-corrected chi connectivity index (χ2v) is 8.20. The van der Waals surface area contributed by atoms with Gasteiger partial charge in [-0.2, -0.15) is 11.8 Å². The molecule has 0 saturated heterocycles. The van der Waals surface area contributed by atoms with Gasteiger partial charge < -0.3 is 9.32 Å². The van der Waals surface area contributed by atoms with Gasteiger partial charge in [0.25, 0.3) is 0 Å². The zero-order chi connectivity index (χ0) is 17.8. The molecule has 0 aliphatic carbocycles. The summed E-state index contributed by atoms with van der Waals surface area (Å²) in [6.45, 7) is 4.01. The first-order chi connectivity index (χ1) is 12.0. The van der Waals surface area contributed by atoms with E-state index in [1.54, 1.807) is 28.0 Å². The van der Waals surface area contributed by atoms with Crippen molar-refractivity contribution in [2.45, 2.75) is 32.1 Å². The fourth-order valence-electron chi connectivity index (χ4n) is 2.60. The van der Waals surface area contributed by atoms with Crippen molar-refractivity contribution in [2.24, 2.45) is 0 Å². The molecule has 0 spiro atoms. The summed E-state index contributed by atoms with van der Waals surface area (Å²) in [5.74, 6) is 2.62. The highest BCUT2D eigenvalue weighted by molar-refractivity contribution is 7.98. The van der Waals surface area contributed by atoms with Crippen LogP contribution in [0.4, 0.5) is 0 Å². The van der Waals surface area contributed by atoms with Crippen LogP contribution in [-0.4, -0.2) is 28.6 Å². The second kappa shape index (κ2) is 8.06. The Hall–Kier alpha value is -1.79. The summed E-state index contributed by atoms with van der Waals surface area (Å²) in [4.78, 5) is 18.7. The lowest BCUT2D eigenvalue weighted by Gasteiger charge is -2.23. The number of para-hydroxylation sites is 1. The molecule has 0 N–H and O–H groups in total. The van der Waals surface area contributed by atoms with Crippen LogP contribution in [0.5, 0.6) is 0 Å². The molecule has 132 valence electrons. The Morgan fingerprint density at radius 2 is 2.20 bits per heavy atom. The molecule has 2 heterocycles. The Morgan fingerprint density at radius 1 is 1.40 bits per heavy atom. The maximum atomic E-state index is 12.4. The minimum atomic E-state index is -0.0777. The van der Waals surface area contributed by atoms with E-state index in [4.69, 9.17) is 4.42 Å². The Labute approximate surface area is 156 Å². The lowest BCUT2D eigenvalue weighted by Crippen LogP contribution is -2.29. The Bertz CT molecular complexity index is 823. The molecule has 25 heavy (non-hydrogen) atoms. The van der Waals surface area contributed by atoms with Gasteiger partial charge in [0.2, 0.25) is 5.91 Å². The first kappa shape index (κ1) is 18.0. The number of benzene rings is 1. The Morgan fingerprint density at radius 3 is 2.92 bits per heavy atom. The number of nitrogens with zero attached hydrogens (tertiary/aromatic N) is 2. The van der Waals surface area contributed by atoms with E-state index in [9.17, 15) is 4.79 Å². The smallest absolute Gasteiger partial charge is 0.223 e. The van der Waals surface area contributed by atoms with Crippen molar-refractivity contribution in [1.82, 2.24) is 9.88 Å². The summed E-state index contributed by atoms with van der Waals surface area (Å²) in [6, 6.07) is 9.85. The molecule has 2 aromatic heterocycles. The minimum Gasteiger partial charge on any atom is -0.459 e. The summed E-state index contributed by atoms with van der Waals surface area (Å²) in [5, 5.41) is 4.24. The topological polar surface area (TPSA) is 46.3 Å². The molecular weight excluding hydrogens is 352 g/mol. The summed E-state index contributed by atoms with van der Waals surface area (Å²) in [7, 11) is 1.84. The SMILES string of the molecule is Cc1nc(CSCCC(=O)N(C)[C@H](C)c2cc3ccccc3o2)cs1. The number of furan rings is 1. The lowest BCUT2D eigenvalue weighted by atomic mass is 10.2. The third kappa shape index (κ3) is 4.44. The third-order valence-corrected chi connectivity index (χ3v) is 6.02. The van der Waals surface area contributed by atoms with Gasteiger partial charge >= 0.3 is 0 Å². The summed E-state index contributed by atoms with van der Waals surface area (Å²) >= 11 is 3.42. The van der Waals surface area contributed by atoms with Crippen molar-refractivity contribution in [3.8, 4) is 0 Å². The largest absolute Gasteiger partial charge is 0.459 e. The van der Waals surface area contributed by atoms with E-state index in [1.807, 2.05) is 51.2 Å². The van der Waals surface area contributed by atoms with E-state index in [0.29, 0.717) is 6.42 Å². The maximum Gasteiger partial charge on any atom is 0.223 e. The Kier molecular flexibility index (Phi) is 5.81. The molecule has 1 atom stereocenters. The zero-order valence-electron chi connectivity index (χ0n) is 14.7. The fourth-order valence-corrected chi connectivity index (χ4v) is 4.14. The van der Waals surface area contributed by atoms with Gasteiger partial charge in [-0.1, -0.05) is 18.2 Å². The van der Waals surface area contributed by atoms with Gasteiger partial charge in [0.05, 0.1) is 16.7 Å². The van der Waals surface area contributed by atoms with Gasteiger partial charge in [0, 0.05) is 35.7 Å². The van der Waals surface area contributed by atoms with Gasteiger partial charge in [-0.25, -0.2) is 4.98 Å². The molecule has 0 saturated carbocycles. The van der Waals surface area contributed by atoms with Crippen LogP contribution in [0.3, 0.4) is 0 Å². The highest BCUT2D eigenvalue weighted by Gasteiger charge is 2.20. The number of rotatable bonds is 7. The predicted molar refractivity (Wildman–Crippen MR) is 105 cm³/mol. The number of thioether (sulfide) groups is 1. The number of aromatic nitrogens is 1. The highest BCUT2D eigenvalue weighted by atomic mass is 32.2. The standard InChI is InChI=1S/C19H22N2O2S2/c1-13(18-10-15-6-4-5-7-17(15)23-18)21(3)19(22)8-9-24-11-16-12-25-14(2)20-16/h4-7,10,12-13H,8-9,11H2,1-3H3/t13-/m1/s1. The van der Waals surface area contributed by atoms with Crippen LogP contribution in [0.2, 0.25) is 0 Å². The molecule has 6 heteroatoms. The number of carbonyl (C=O) groups excluding carboxylic acids is 1. The number of thiazole rings is 1. The van der Waals surface area contributed by atoms with Crippen LogP contribution in [0.25, 0.3) is 11.0 Å². The van der Waals surface area contributed by atoms with E-state index in [-0.39, 0.29) is 11.9 Å². The molecule has 0 aliphatic heterocycles. The van der Waals surface area contributed by atoms with Crippen molar-refractivity contribution in [2.75, 3.05) is 12.8 Å². The van der Waals surface area contributed by atoms with Crippen LogP contribution in [-0.2, 0) is 10.5 Å². The van der Waals surface area contributed by atoms with Crippen molar-refractivity contribution in [3.63, 3.8) is 0 Å². The van der Waals surface area contributed by atoms with E-state index in [2.05, 4.69) is 10.4 Å². The summed E-state index contributed by atoms with van der Waals surface area (Å²) in [5.41, 5.74) is 1.96. The maximum absolute atomic E-state index is 12.4. The number of fused-ring (bicyclic) bond motifs is 1. The number of amides is 1. The Balaban J connectivity index is 1.50. The molecule has 1 aromatic carbocycles. The van der Waals surface area contributed by atoms with Crippen molar-refractivity contribution < 1.29 is 9.21 Å². The molecule has 0 radical (unpaired) electrons. The number of carbonyl (C=O) groups is 1. The first-order valence-corrected chi connectivity index (χ1v) is 10.3. The van der Waals surface area contributed by atoms with Gasteiger partial charge in [-0.05, 0) is 26.0 Å². The lowest BCUT2D eigenvalue weighted by molar-refractivity contribution is -0.131. The molecule has 3 aromatic rings. The monoisotopic (exact) mass is 374 g/mol. The quantitative estimate of drug-likeness (QED) is 0.544. The minimum absolute atomic E-state index is 0.0777. The predicted octanol–water partition coefficient (Wildman–Crippen LogP) is 5.04. The third-order valence-electron chi connectivity index (χ3n) is 4.21. The van der Waals surface area contributed by atoms with Crippen LogP contribution in [0.15, 0.2) is 40.1 Å². The first-order valence-electron chi connectivity index (χ1n) is 8.27. The van der Waals surface area contributed by atoms with Crippen LogP contribution < -0.4 is 0 Å². The average molecular weight is 375 g/mol. The number of hydrogen-bond acceptors (Lipinski definition) is 5. The molecule has 4 nitrogen and oxygen atoms in total. The van der Waals surface area contributed by atoms with Crippen molar-refractivity contribution in [3.05, 3.63) is 52.2 Å². The van der Waals surface area contributed by atoms with Crippen molar-refractivity contribution in [1.29, 1.82) is 0 Å². The molecule has 0 unspecified atom stereocenters. The summed E-state index contributed by atoms with van der Waals surface area (Å²) in [6.07, 6.45) is 0.523.